The van der Waals surface area contributed by atoms with Crippen molar-refractivity contribution in [3.05, 3.63) is 34.8 Å². The third-order valence-corrected chi connectivity index (χ3v) is 6.86. The fourth-order valence-electron chi connectivity index (χ4n) is 2.91. The first kappa shape index (κ1) is 18.9. The average molecular weight is 395 g/mol. The zero-order chi connectivity index (χ0) is 18.6. The maximum Gasteiger partial charge on any atom is 0.257 e. The summed E-state index contributed by atoms with van der Waals surface area (Å²) in [5, 5.41) is 11.8. The molecule has 1 aliphatic carbocycles. The molecule has 1 fully saturated rings. The van der Waals surface area contributed by atoms with E-state index in [0.29, 0.717) is 10.7 Å². The number of amides is 1. The zero-order valence-corrected chi connectivity index (χ0v) is 16.2. The van der Waals surface area contributed by atoms with Crippen molar-refractivity contribution in [2.24, 2.45) is 0 Å². The van der Waals surface area contributed by atoms with Gasteiger partial charge in [0.05, 0.1) is 4.90 Å². The third kappa shape index (κ3) is 4.66. The van der Waals surface area contributed by atoms with Crippen LogP contribution in [-0.4, -0.2) is 30.6 Å². The Kier molecular flexibility index (Phi) is 6.00. The van der Waals surface area contributed by atoms with Crippen LogP contribution < -0.4 is 10.0 Å². The summed E-state index contributed by atoms with van der Waals surface area (Å²) in [7, 11) is -3.56. The van der Waals surface area contributed by atoms with E-state index in [1.54, 1.807) is 0 Å². The lowest BCUT2D eigenvalue weighted by Gasteiger charge is -2.22. The summed E-state index contributed by atoms with van der Waals surface area (Å²) in [6, 6.07) is 5.93. The predicted octanol–water partition coefficient (Wildman–Crippen LogP) is 2.96. The molecule has 0 saturated heterocycles. The van der Waals surface area contributed by atoms with E-state index in [9.17, 15) is 13.2 Å². The first-order valence-corrected chi connectivity index (χ1v) is 11.0. The molecular formula is C17H22N4O3S2. The summed E-state index contributed by atoms with van der Waals surface area (Å²) < 4.78 is 27.7. The van der Waals surface area contributed by atoms with Crippen molar-refractivity contribution in [2.45, 2.75) is 56.4 Å². The predicted molar refractivity (Wildman–Crippen MR) is 101 cm³/mol. The van der Waals surface area contributed by atoms with E-state index in [4.69, 9.17) is 0 Å². The second-order valence-electron chi connectivity index (χ2n) is 6.29. The molecule has 0 bridgehead atoms. The molecule has 0 aliphatic heterocycles. The molecule has 0 atom stereocenters. The van der Waals surface area contributed by atoms with Crippen molar-refractivity contribution >= 4 is 32.4 Å². The van der Waals surface area contributed by atoms with Crippen LogP contribution in [0.15, 0.2) is 29.2 Å². The zero-order valence-electron chi connectivity index (χ0n) is 14.6. The van der Waals surface area contributed by atoms with Gasteiger partial charge < -0.3 is 0 Å². The van der Waals surface area contributed by atoms with Crippen LogP contribution in [0.1, 0.15) is 54.4 Å². The van der Waals surface area contributed by atoms with E-state index >= 15 is 0 Å². The van der Waals surface area contributed by atoms with Crippen LogP contribution in [0.5, 0.6) is 0 Å². The van der Waals surface area contributed by atoms with Gasteiger partial charge in [-0.15, -0.1) is 10.2 Å². The molecule has 7 nitrogen and oxygen atoms in total. The molecule has 0 unspecified atom stereocenters. The maximum absolute atomic E-state index is 12.5. The molecule has 1 aliphatic rings. The minimum Gasteiger partial charge on any atom is -0.296 e. The summed E-state index contributed by atoms with van der Waals surface area (Å²) in [5.41, 5.74) is 0.370. The Hall–Kier alpha value is -1.84. The van der Waals surface area contributed by atoms with Gasteiger partial charge in [-0.05, 0) is 43.5 Å². The number of nitrogens with one attached hydrogen (secondary N) is 2. The highest BCUT2D eigenvalue weighted by atomic mass is 32.2. The highest BCUT2D eigenvalue weighted by Gasteiger charge is 2.22. The number of hydrogen-bond acceptors (Lipinski definition) is 6. The Balaban J connectivity index is 1.65. The average Bonchev–Trinajstić information content (AvgIpc) is 3.10. The van der Waals surface area contributed by atoms with E-state index < -0.39 is 10.0 Å². The van der Waals surface area contributed by atoms with Crippen molar-refractivity contribution in [3.8, 4) is 0 Å². The van der Waals surface area contributed by atoms with Crippen LogP contribution in [0.4, 0.5) is 5.13 Å². The van der Waals surface area contributed by atoms with Crippen molar-refractivity contribution in [3.63, 3.8) is 0 Å². The second kappa shape index (κ2) is 8.24. The SMILES string of the molecule is CCc1nnc(NC(=O)c2ccc(S(=O)(=O)NC3CCCCC3)cc2)s1. The lowest BCUT2D eigenvalue weighted by molar-refractivity contribution is 0.102. The van der Waals surface area contributed by atoms with Crippen molar-refractivity contribution in [1.29, 1.82) is 0 Å². The van der Waals surface area contributed by atoms with Gasteiger partial charge in [-0.2, -0.15) is 0 Å². The Bertz CT molecular complexity index is 856. The Morgan fingerprint density at radius 2 is 1.85 bits per heavy atom. The number of aromatic nitrogens is 2. The lowest BCUT2D eigenvalue weighted by atomic mass is 9.96. The minimum atomic E-state index is -3.56. The van der Waals surface area contributed by atoms with Crippen LogP contribution in [0.3, 0.4) is 0 Å². The van der Waals surface area contributed by atoms with Gasteiger partial charge in [0.15, 0.2) is 0 Å². The highest BCUT2D eigenvalue weighted by Crippen LogP contribution is 2.21. The van der Waals surface area contributed by atoms with E-state index in [2.05, 4.69) is 20.2 Å². The molecule has 140 valence electrons. The van der Waals surface area contributed by atoms with Gasteiger partial charge in [0, 0.05) is 11.6 Å². The van der Waals surface area contributed by atoms with Gasteiger partial charge in [0.25, 0.3) is 5.91 Å². The number of sulfonamides is 1. The first-order valence-electron chi connectivity index (χ1n) is 8.74. The van der Waals surface area contributed by atoms with E-state index in [0.717, 1.165) is 43.5 Å². The molecule has 1 amide bonds. The number of anilines is 1. The number of hydrogen-bond donors (Lipinski definition) is 2. The molecule has 2 N–H and O–H groups in total. The standard InChI is InChI=1S/C17H22N4O3S2/c1-2-15-19-20-17(25-15)18-16(22)12-8-10-14(11-9-12)26(23,24)21-13-6-4-3-5-7-13/h8-11,13,21H,2-7H2,1H3,(H,18,20,22). The van der Waals surface area contributed by atoms with Crippen LogP contribution in [0.2, 0.25) is 0 Å². The molecule has 1 saturated carbocycles. The molecule has 0 spiro atoms. The summed E-state index contributed by atoms with van der Waals surface area (Å²) in [6.07, 6.45) is 5.78. The van der Waals surface area contributed by atoms with Crippen molar-refractivity contribution in [1.82, 2.24) is 14.9 Å². The Labute approximate surface area is 157 Å². The normalized spacial score (nSPS) is 15.7. The van der Waals surface area contributed by atoms with Crippen LogP contribution in [-0.2, 0) is 16.4 Å². The van der Waals surface area contributed by atoms with E-state index in [1.807, 2.05) is 6.92 Å². The number of aryl methyl sites for hydroxylation is 1. The molecule has 1 heterocycles. The van der Waals surface area contributed by atoms with Crippen molar-refractivity contribution < 1.29 is 13.2 Å². The second-order valence-corrected chi connectivity index (χ2v) is 9.07. The fourth-order valence-corrected chi connectivity index (χ4v) is 4.89. The summed E-state index contributed by atoms with van der Waals surface area (Å²) in [4.78, 5) is 12.4. The third-order valence-electron chi connectivity index (χ3n) is 4.34. The molecule has 9 heteroatoms. The summed E-state index contributed by atoms with van der Waals surface area (Å²) in [5.74, 6) is -0.340. The van der Waals surface area contributed by atoms with Crippen LogP contribution in [0, 0.1) is 0 Å². The molecule has 3 rings (SSSR count). The number of nitrogens with zero attached hydrogens (tertiary/aromatic N) is 2. The Morgan fingerprint density at radius 1 is 1.15 bits per heavy atom. The summed E-state index contributed by atoms with van der Waals surface area (Å²) >= 11 is 1.32. The smallest absolute Gasteiger partial charge is 0.257 e. The number of rotatable bonds is 6. The number of benzene rings is 1. The van der Waals surface area contributed by atoms with Crippen molar-refractivity contribution in [2.75, 3.05) is 5.32 Å². The molecule has 26 heavy (non-hydrogen) atoms. The molecule has 1 aromatic carbocycles. The maximum atomic E-state index is 12.5. The van der Waals surface area contributed by atoms with Gasteiger partial charge in [-0.25, -0.2) is 13.1 Å². The van der Waals surface area contributed by atoms with Gasteiger partial charge in [0.1, 0.15) is 5.01 Å². The Morgan fingerprint density at radius 3 is 2.46 bits per heavy atom. The fraction of sp³-hybridized carbons (Fsp3) is 0.471. The first-order chi connectivity index (χ1) is 12.5. The summed E-state index contributed by atoms with van der Waals surface area (Å²) in [6.45, 7) is 1.96. The molecule has 1 aromatic heterocycles. The largest absolute Gasteiger partial charge is 0.296 e. The topological polar surface area (TPSA) is 101 Å². The van der Waals surface area contributed by atoms with E-state index in [-0.39, 0.29) is 16.8 Å². The lowest BCUT2D eigenvalue weighted by Crippen LogP contribution is -2.36. The highest BCUT2D eigenvalue weighted by molar-refractivity contribution is 7.89. The quantitative estimate of drug-likeness (QED) is 0.784. The van der Waals surface area contributed by atoms with E-state index in [1.165, 1.54) is 35.6 Å². The van der Waals surface area contributed by atoms with Gasteiger partial charge in [-0.3, -0.25) is 10.1 Å². The molecular weight excluding hydrogens is 372 g/mol. The van der Waals surface area contributed by atoms with Gasteiger partial charge in [0.2, 0.25) is 15.2 Å². The molecule has 2 aromatic rings. The minimum absolute atomic E-state index is 0.00175. The number of carbonyl (C=O) groups excluding carboxylic acids is 1. The monoisotopic (exact) mass is 394 g/mol. The molecule has 0 radical (unpaired) electrons. The number of carbonyl (C=O) groups is 1. The van der Waals surface area contributed by atoms with Gasteiger partial charge >= 0.3 is 0 Å². The van der Waals surface area contributed by atoms with Crippen LogP contribution in [0.25, 0.3) is 0 Å². The van der Waals surface area contributed by atoms with Gasteiger partial charge in [-0.1, -0.05) is 37.5 Å². The van der Waals surface area contributed by atoms with Crippen LogP contribution >= 0.6 is 11.3 Å².